The van der Waals surface area contributed by atoms with Gasteiger partial charge in [0, 0.05) is 34.8 Å². The highest BCUT2D eigenvalue weighted by atomic mass is 32.1. The minimum atomic E-state index is -0.612. The van der Waals surface area contributed by atoms with Gasteiger partial charge in [-0.1, -0.05) is 48.5 Å². The lowest BCUT2D eigenvalue weighted by Gasteiger charge is -2.25. The zero-order valence-electron chi connectivity index (χ0n) is 14.4. The van der Waals surface area contributed by atoms with E-state index in [9.17, 15) is 9.18 Å². The molecule has 1 aromatic heterocycles. The molecule has 1 aliphatic heterocycles. The highest BCUT2D eigenvalue weighted by Crippen LogP contribution is 2.43. The largest absolute Gasteiger partial charge is 0.465 e. The Hall–Kier alpha value is -2.66. The Morgan fingerprint density at radius 2 is 1.88 bits per heavy atom. The second-order valence-electron chi connectivity index (χ2n) is 6.22. The van der Waals surface area contributed by atoms with Gasteiger partial charge < -0.3 is 9.64 Å². The molecular weight excluding hydrogens is 349 g/mol. The smallest absolute Gasteiger partial charge is 0.351 e. The Balaban J connectivity index is 1.79. The fourth-order valence-corrected chi connectivity index (χ4v) is 4.57. The minimum Gasteiger partial charge on any atom is -0.465 e. The molecule has 5 heteroatoms. The quantitative estimate of drug-likeness (QED) is 0.617. The lowest BCUT2D eigenvalue weighted by atomic mass is 10.1. The highest BCUT2D eigenvalue weighted by Gasteiger charge is 2.29. The third-order valence-electron chi connectivity index (χ3n) is 4.65. The van der Waals surface area contributed by atoms with Crippen LogP contribution in [0.25, 0.3) is 10.4 Å². The number of carbonyl (C=O) groups excluding carboxylic acids is 1. The molecule has 1 aliphatic rings. The van der Waals surface area contributed by atoms with E-state index in [2.05, 4.69) is 23.1 Å². The maximum atomic E-state index is 14.9. The van der Waals surface area contributed by atoms with Gasteiger partial charge in [-0.3, -0.25) is 0 Å². The average Bonchev–Trinajstić information content (AvgIpc) is 2.93. The number of rotatable bonds is 3. The number of thiophene rings is 1. The summed E-state index contributed by atoms with van der Waals surface area (Å²) in [6.07, 6.45) is 0.552. The van der Waals surface area contributed by atoms with E-state index >= 15 is 0 Å². The fourth-order valence-electron chi connectivity index (χ4n) is 3.39. The number of esters is 1. The van der Waals surface area contributed by atoms with Crippen LogP contribution in [0.15, 0.2) is 54.6 Å². The van der Waals surface area contributed by atoms with E-state index in [-0.39, 0.29) is 4.88 Å². The van der Waals surface area contributed by atoms with Crippen molar-refractivity contribution in [1.29, 1.82) is 0 Å². The van der Waals surface area contributed by atoms with Gasteiger partial charge in [0.15, 0.2) is 5.82 Å². The predicted octanol–water partition coefficient (Wildman–Crippen LogP) is 4.90. The molecule has 0 saturated carbocycles. The Morgan fingerprint density at radius 3 is 2.65 bits per heavy atom. The number of ether oxygens (including phenoxy) is 1. The third kappa shape index (κ3) is 2.88. The van der Waals surface area contributed by atoms with E-state index in [1.807, 2.05) is 36.4 Å². The van der Waals surface area contributed by atoms with Crippen LogP contribution in [0, 0.1) is 5.82 Å². The van der Waals surface area contributed by atoms with Crippen LogP contribution in [-0.2, 0) is 17.7 Å². The van der Waals surface area contributed by atoms with Crippen LogP contribution >= 0.6 is 11.3 Å². The molecule has 0 unspecified atom stereocenters. The van der Waals surface area contributed by atoms with E-state index in [1.165, 1.54) is 24.0 Å². The van der Waals surface area contributed by atoms with Crippen LogP contribution < -0.4 is 4.90 Å². The maximum Gasteiger partial charge on any atom is 0.351 e. The van der Waals surface area contributed by atoms with Gasteiger partial charge in [-0.15, -0.1) is 11.3 Å². The van der Waals surface area contributed by atoms with Crippen LogP contribution in [0.5, 0.6) is 0 Å². The molecule has 4 rings (SSSR count). The Labute approximate surface area is 155 Å². The first kappa shape index (κ1) is 16.8. The zero-order valence-corrected chi connectivity index (χ0v) is 15.2. The SMILES string of the molecule is COC(=O)c1sc2c(c1F)CCN(Cc1ccccc1)c1ccccc1-2. The van der Waals surface area contributed by atoms with E-state index in [1.54, 1.807) is 0 Å². The number of halogens is 1. The van der Waals surface area contributed by atoms with Crippen LogP contribution in [0.4, 0.5) is 10.1 Å². The monoisotopic (exact) mass is 367 g/mol. The van der Waals surface area contributed by atoms with Crippen molar-refractivity contribution in [2.75, 3.05) is 18.6 Å². The Bertz CT molecular complexity index is 952. The molecule has 26 heavy (non-hydrogen) atoms. The van der Waals surface area contributed by atoms with E-state index in [0.717, 1.165) is 22.7 Å². The molecule has 0 atom stereocenters. The first-order valence-corrected chi connectivity index (χ1v) is 9.28. The number of hydrogen-bond acceptors (Lipinski definition) is 4. The van der Waals surface area contributed by atoms with Crippen molar-refractivity contribution in [3.05, 3.63) is 76.4 Å². The first-order valence-electron chi connectivity index (χ1n) is 8.46. The molecule has 0 bridgehead atoms. The number of benzene rings is 2. The fraction of sp³-hybridized carbons (Fsp3) is 0.190. The topological polar surface area (TPSA) is 29.5 Å². The first-order chi connectivity index (χ1) is 12.7. The summed E-state index contributed by atoms with van der Waals surface area (Å²) in [7, 11) is 1.28. The summed E-state index contributed by atoms with van der Waals surface area (Å²) in [5.41, 5.74) is 3.85. The Morgan fingerprint density at radius 1 is 1.15 bits per heavy atom. The van der Waals surface area contributed by atoms with Gasteiger partial charge in [0.2, 0.25) is 0 Å². The lowest BCUT2D eigenvalue weighted by molar-refractivity contribution is 0.0601. The second kappa shape index (κ2) is 6.92. The van der Waals surface area contributed by atoms with Crippen LogP contribution in [-0.4, -0.2) is 19.6 Å². The summed E-state index contributed by atoms with van der Waals surface area (Å²) in [5.74, 6) is -1.05. The number of fused-ring (bicyclic) bond motifs is 3. The number of methoxy groups -OCH3 is 1. The molecule has 2 aromatic carbocycles. The standard InChI is InChI=1S/C21H18FNO2S/c1-25-21(24)20-18(22)16-11-12-23(13-14-7-3-2-4-8-14)17-10-6-5-9-15(17)19(16)26-20/h2-10H,11-13H2,1H3. The molecule has 0 fully saturated rings. The van der Waals surface area contributed by atoms with Crippen LogP contribution in [0.3, 0.4) is 0 Å². The van der Waals surface area contributed by atoms with E-state index < -0.39 is 11.8 Å². The summed E-state index contributed by atoms with van der Waals surface area (Å²) in [6, 6.07) is 18.2. The van der Waals surface area contributed by atoms with Gasteiger partial charge in [0.25, 0.3) is 0 Å². The molecule has 0 saturated heterocycles. The molecule has 0 amide bonds. The molecular formula is C21H18FNO2S. The molecule has 0 aliphatic carbocycles. The zero-order chi connectivity index (χ0) is 18.1. The predicted molar refractivity (Wildman–Crippen MR) is 102 cm³/mol. The molecule has 132 valence electrons. The molecule has 0 radical (unpaired) electrons. The summed E-state index contributed by atoms with van der Waals surface area (Å²) < 4.78 is 19.6. The maximum absolute atomic E-state index is 14.9. The van der Waals surface area contributed by atoms with Gasteiger partial charge in [0.05, 0.1) is 7.11 Å². The molecule has 0 N–H and O–H groups in total. The normalized spacial score (nSPS) is 12.9. The van der Waals surface area contributed by atoms with Gasteiger partial charge in [-0.25, -0.2) is 9.18 Å². The van der Waals surface area contributed by atoms with Gasteiger partial charge in [-0.2, -0.15) is 0 Å². The summed E-state index contributed by atoms with van der Waals surface area (Å²) in [6.45, 7) is 1.45. The van der Waals surface area contributed by atoms with Crippen molar-refractivity contribution in [2.45, 2.75) is 13.0 Å². The molecule has 3 nitrogen and oxygen atoms in total. The van der Waals surface area contributed by atoms with E-state index in [0.29, 0.717) is 18.5 Å². The third-order valence-corrected chi connectivity index (χ3v) is 5.87. The van der Waals surface area contributed by atoms with Crippen molar-refractivity contribution in [3.8, 4) is 10.4 Å². The second-order valence-corrected chi connectivity index (χ2v) is 7.24. The van der Waals surface area contributed by atoms with Crippen LogP contribution in [0.2, 0.25) is 0 Å². The van der Waals surface area contributed by atoms with Crippen LogP contribution in [0.1, 0.15) is 20.8 Å². The number of para-hydroxylation sites is 1. The van der Waals surface area contributed by atoms with Crippen molar-refractivity contribution in [3.63, 3.8) is 0 Å². The number of nitrogens with zero attached hydrogens (tertiary/aromatic N) is 1. The number of hydrogen-bond donors (Lipinski definition) is 0. The number of carbonyl (C=O) groups is 1. The van der Waals surface area contributed by atoms with Crippen molar-refractivity contribution in [2.24, 2.45) is 0 Å². The van der Waals surface area contributed by atoms with Gasteiger partial charge in [-0.05, 0) is 18.1 Å². The highest BCUT2D eigenvalue weighted by molar-refractivity contribution is 7.17. The molecule has 2 heterocycles. The van der Waals surface area contributed by atoms with Crippen molar-refractivity contribution >= 4 is 23.0 Å². The molecule has 3 aromatic rings. The van der Waals surface area contributed by atoms with E-state index in [4.69, 9.17) is 4.74 Å². The van der Waals surface area contributed by atoms with Gasteiger partial charge >= 0.3 is 5.97 Å². The summed E-state index contributed by atoms with van der Waals surface area (Å²) in [5, 5.41) is 0. The number of anilines is 1. The average molecular weight is 367 g/mol. The summed E-state index contributed by atoms with van der Waals surface area (Å²) in [4.78, 5) is 15.1. The van der Waals surface area contributed by atoms with Crippen molar-refractivity contribution in [1.82, 2.24) is 0 Å². The lowest BCUT2D eigenvalue weighted by Crippen LogP contribution is -2.24. The Kier molecular flexibility index (Phi) is 4.47. The van der Waals surface area contributed by atoms with Gasteiger partial charge in [0.1, 0.15) is 4.88 Å². The minimum absolute atomic E-state index is 0.0591. The molecule has 0 spiro atoms. The van der Waals surface area contributed by atoms with Crippen molar-refractivity contribution < 1.29 is 13.9 Å². The summed E-state index contributed by atoms with van der Waals surface area (Å²) >= 11 is 1.18.